The van der Waals surface area contributed by atoms with E-state index in [0.29, 0.717) is 18.7 Å². The fourth-order valence-electron chi connectivity index (χ4n) is 2.34. The number of piperidine rings is 1. The lowest BCUT2D eigenvalue weighted by atomic mass is 10.0. The molecule has 2 atom stereocenters. The Bertz CT molecular complexity index is 452. The van der Waals surface area contributed by atoms with Crippen molar-refractivity contribution in [3.8, 4) is 11.5 Å². The van der Waals surface area contributed by atoms with Crippen molar-refractivity contribution in [3.05, 3.63) is 23.8 Å². The van der Waals surface area contributed by atoms with Gasteiger partial charge in [0.25, 0.3) is 0 Å². The second-order valence-corrected chi connectivity index (χ2v) is 4.85. The second kappa shape index (κ2) is 5.93. The number of hydrogen-bond acceptors (Lipinski definition) is 4. The zero-order chi connectivity index (χ0) is 13.8. The molecule has 1 fully saturated rings. The molecule has 2 unspecified atom stereocenters. The molecule has 1 heterocycles. The second-order valence-electron chi connectivity index (χ2n) is 4.85. The number of carbonyl (C=O) groups is 1. The molecule has 1 saturated heterocycles. The minimum atomic E-state index is 0.0194. The van der Waals surface area contributed by atoms with E-state index >= 15 is 0 Å². The van der Waals surface area contributed by atoms with Gasteiger partial charge in [0, 0.05) is 36.7 Å². The molecule has 1 aromatic rings. The smallest absolute Gasteiger partial charge is 0.220 e. The van der Waals surface area contributed by atoms with Gasteiger partial charge in [-0.05, 0) is 19.4 Å². The highest BCUT2D eigenvalue weighted by molar-refractivity contribution is 5.76. The Balaban J connectivity index is 1.99. The third-order valence-corrected chi connectivity index (χ3v) is 3.46. The fourth-order valence-corrected chi connectivity index (χ4v) is 2.34. The maximum atomic E-state index is 11.1. The Labute approximate surface area is 113 Å². The molecule has 104 valence electrons. The maximum absolute atomic E-state index is 11.1. The zero-order valence-electron chi connectivity index (χ0n) is 11.3. The molecule has 1 aliphatic heterocycles. The summed E-state index contributed by atoms with van der Waals surface area (Å²) in [5.41, 5.74) is 0.831. The van der Waals surface area contributed by atoms with Crippen molar-refractivity contribution in [1.29, 1.82) is 0 Å². The highest BCUT2D eigenvalue weighted by Crippen LogP contribution is 2.28. The van der Waals surface area contributed by atoms with E-state index in [4.69, 9.17) is 4.74 Å². The Morgan fingerprint density at radius 2 is 2.32 bits per heavy atom. The number of phenolic OH excluding ortho intramolecular Hbond substituents is 1. The van der Waals surface area contributed by atoms with E-state index in [2.05, 4.69) is 10.6 Å². The summed E-state index contributed by atoms with van der Waals surface area (Å²) in [7, 11) is 1.57. The number of methoxy groups -OCH3 is 1. The van der Waals surface area contributed by atoms with Crippen LogP contribution in [0.3, 0.4) is 0 Å². The quantitative estimate of drug-likeness (QED) is 0.767. The van der Waals surface area contributed by atoms with Gasteiger partial charge in [0.2, 0.25) is 5.91 Å². The van der Waals surface area contributed by atoms with Crippen LogP contribution >= 0.6 is 0 Å². The van der Waals surface area contributed by atoms with Crippen LogP contribution in [0.1, 0.15) is 31.4 Å². The summed E-state index contributed by atoms with van der Waals surface area (Å²) in [6.07, 6.45) is 1.38. The molecular formula is C14H20N2O3. The standard InChI is InChI=1S/C14H20N2O3/c1-9(16-10-3-6-14(18)15-8-10)12-5-4-11(19-2)7-13(12)17/h4-5,7,9-10,16-17H,3,6,8H2,1-2H3,(H,15,18). The van der Waals surface area contributed by atoms with Gasteiger partial charge in [0.05, 0.1) is 7.11 Å². The maximum Gasteiger partial charge on any atom is 0.220 e. The van der Waals surface area contributed by atoms with E-state index in [-0.39, 0.29) is 23.7 Å². The van der Waals surface area contributed by atoms with Crippen LogP contribution in [0, 0.1) is 0 Å². The van der Waals surface area contributed by atoms with Gasteiger partial charge in [0.1, 0.15) is 11.5 Å². The molecule has 19 heavy (non-hydrogen) atoms. The van der Waals surface area contributed by atoms with Crippen LogP contribution in [0.15, 0.2) is 18.2 Å². The van der Waals surface area contributed by atoms with E-state index in [9.17, 15) is 9.90 Å². The first-order valence-corrected chi connectivity index (χ1v) is 6.50. The van der Waals surface area contributed by atoms with Crippen LogP contribution < -0.4 is 15.4 Å². The minimum absolute atomic E-state index is 0.0194. The summed E-state index contributed by atoms with van der Waals surface area (Å²) in [4.78, 5) is 11.1. The van der Waals surface area contributed by atoms with Crippen molar-refractivity contribution < 1.29 is 14.6 Å². The first-order chi connectivity index (χ1) is 9.10. The molecule has 1 amide bonds. The van der Waals surface area contributed by atoms with Crippen molar-refractivity contribution in [1.82, 2.24) is 10.6 Å². The summed E-state index contributed by atoms with van der Waals surface area (Å²) in [5, 5.41) is 16.2. The van der Waals surface area contributed by atoms with E-state index in [0.717, 1.165) is 12.0 Å². The van der Waals surface area contributed by atoms with Gasteiger partial charge in [-0.2, -0.15) is 0 Å². The largest absolute Gasteiger partial charge is 0.507 e. The number of ether oxygens (including phenoxy) is 1. The molecule has 3 N–H and O–H groups in total. The Morgan fingerprint density at radius 1 is 1.53 bits per heavy atom. The van der Waals surface area contributed by atoms with Gasteiger partial charge in [-0.15, -0.1) is 0 Å². The van der Waals surface area contributed by atoms with Crippen LogP contribution in [0.25, 0.3) is 0 Å². The summed E-state index contributed by atoms with van der Waals surface area (Å²) in [6, 6.07) is 5.55. The highest BCUT2D eigenvalue weighted by atomic mass is 16.5. The van der Waals surface area contributed by atoms with Gasteiger partial charge in [-0.1, -0.05) is 6.07 Å². The summed E-state index contributed by atoms with van der Waals surface area (Å²) in [6.45, 7) is 2.64. The number of rotatable bonds is 4. The normalized spacial score (nSPS) is 20.7. The molecule has 0 aromatic heterocycles. The van der Waals surface area contributed by atoms with Gasteiger partial charge in [-0.3, -0.25) is 4.79 Å². The summed E-state index contributed by atoms with van der Waals surface area (Å²) in [5.74, 6) is 0.968. The number of phenols is 1. The molecule has 0 aliphatic carbocycles. The number of aromatic hydroxyl groups is 1. The van der Waals surface area contributed by atoms with Gasteiger partial charge in [-0.25, -0.2) is 0 Å². The molecule has 0 saturated carbocycles. The van der Waals surface area contributed by atoms with Crippen molar-refractivity contribution in [2.75, 3.05) is 13.7 Å². The fraction of sp³-hybridized carbons (Fsp3) is 0.500. The molecule has 2 rings (SSSR count). The highest BCUT2D eigenvalue weighted by Gasteiger charge is 2.21. The van der Waals surface area contributed by atoms with E-state index in [1.54, 1.807) is 13.2 Å². The summed E-state index contributed by atoms with van der Waals surface area (Å²) >= 11 is 0. The van der Waals surface area contributed by atoms with Crippen LogP contribution in [0.5, 0.6) is 11.5 Å². The third kappa shape index (κ3) is 3.38. The van der Waals surface area contributed by atoms with Gasteiger partial charge in [0.15, 0.2) is 0 Å². The predicted molar refractivity (Wildman–Crippen MR) is 72.2 cm³/mol. The third-order valence-electron chi connectivity index (χ3n) is 3.46. The van der Waals surface area contributed by atoms with E-state index in [1.807, 2.05) is 19.1 Å². The zero-order valence-corrected chi connectivity index (χ0v) is 11.3. The Hall–Kier alpha value is -1.75. The van der Waals surface area contributed by atoms with E-state index in [1.165, 1.54) is 0 Å². The number of carbonyl (C=O) groups excluding carboxylic acids is 1. The predicted octanol–water partition coefficient (Wildman–Crippen LogP) is 1.33. The van der Waals surface area contributed by atoms with Crippen LogP contribution in [-0.4, -0.2) is 30.7 Å². The lowest BCUT2D eigenvalue weighted by Crippen LogP contribution is -2.46. The molecule has 5 nitrogen and oxygen atoms in total. The number of hydrogen-bond donors (Lipinski definition) is 3. The molecule has 0 radical (unpaired) electrons. The minimum Gasteiger partial charge on any atom is -0.507 e. The Kier molecular flexibility index (Phi) is 4.27. The van der Waals surface area contributed by atoms with Crippen LogP contribution in [0.2, 0.25) is 0 Å². The van der Waals surface area contributed by atoms with E-state index < -0.39 is 0 Å². The first kappa shape index (κ1) is 13.7. The van der Waals surface area contributed by atoms with Crippen molar-refractivity contribution in [3.63, 3.8) is 0 Å². The molecule has 1 aromatic carbocycles. The number of amides is 1. The molecule has 0 spiro atoms. The monoisotopic (exact) mass is 264 g/mol. The van der Waals surface area contributed by atoms with Crippen molar-refractivity contribution in [2.24, 2.45) is 0 Å². The number of benzene rings is 1. The summed E-state index contributed by atoms with van der Waals surface area (Å²) < 4.78 is 5.06. The van der Waals surface area contributed by atoms with Crippen LogP contribution in [-0.2, 0) is 4.79 Å². The topological polar surface area (TPSA) is 70.6 Å². The average Bonchev–Trinajstić information content (AvgIpc) is 2.41. The molecular weight excluding hydrogens is 244 g/mol. The lowest BCUT2D eigenvalue weighted by molar-refractivity contribution is -0.122. The first-order valence-electron chi connectivity index (χ1n) is 6.50. The van der Waals surface area contributed by atoms with Crippen molar-refractivity contribution in [2.45, 2.75) is 31.8 Å². The van der Waals surface area contributed by atoms with Gasteiger partial charge < -0.3 is 20.5 Å². The SMILES string of the molecule is COc1ccc(C(C)NC2CCC(=O)NC2)c(O)c1. The van der Waals surface area contributed by atoms with Crippen LogP contribution in [0.4, 0.5) is 0 Å². The number of nitrogens with one attached hydrogen (secondary N) is 2. The lowest BCUT2D eigenvalue weighted by Gasteiger charge is -2.27. The Morgan fingerprint density at radius 3 is 2.89 bits per heavy atom. The molecule has 0 bridgehead atoms. The van der Waals surface area contributed by atoms with Crippen molar-refractivity contribution >= 4 is 5.91 Å². The molecule has 5 heteroatoms. The average molecular weight is 264 g/mol. The van der Waals surface area contributed by atoms with Gasteiger partial charge >= 0.3 is 0 Å². The molecule has 1 aliphatic rings.